The topological polar surface area (TPSA) is 77.2 Å². The summed E-state index contributed by atoms with van der Waals surface area (Å²) in [6.07, 6.45) is 1.65. The Labute approximate surface area is 115 Å². The summed E-state index contributed by atoms with van der Waals surface area (Å²) >= 11 is 0. The average molecular weight is 265 g/mol. The number of carboxylic acid groups (broad SMARTS) is 1. The number of fused-ring (bicyclic) bond motifs is 1. The molecule has 1 aliphatic rings. The summed E-state index contributed by atoms with van der Waals surface area (Å²) in [6.45, 7) is 1.21. The van der Waals surface area contributed by atoms with Crippen LogP contribution in [0.4, 0.5) is 5.82 Å². The molecular formula is C15H11N3O2. The largest absolute Gasteiger partial charge is 0.478 e. The number of nitrogens with zero attached hydrogens (tertiary/aromatic N) is 3. The number of carbonyl (C=O) groups is 1. The van der Waals surface area contributed by atoms with Crippen LogP contribution in [0.25, 0.3) is 0 Å². The van der Waals surface area contributed by atoms with E-state index in [-0.39, 0.29) is 5.56 Å². The maximum absolute atomic E-state index is 11.0. The summed E-state index contributed by atoms with van der Waals surface area (Å²) in [6, 6.07) is 10.7. The zero-order chi connectivity index (χ0) is 14.1. The Morgan fingerprint density at radius 3 is 2.85 bits per heavy atom. The molecule has 0 bridgehead atoms. The highest BCUT2D eigenvalue weighted by Crippen LogP contribution is 2.29. The van der Waals surface area contributed by atoms with Gasteiger partial charge < -0.3 is 10.0 Å². The maximum Gasteiger partial charge on any atom is 0.335 e. The van der Waals surface area contributed by atoms with Crippen molar-refractivity contribution < 1.29 is 9.90 Å². The molecule has 5 heteroatoms. The number of anilines is 1. The Hall–Kier alpha value is -2.87. The van der Waals surface area contributed by atoms with E-state index in [9.17, 15) is 4.79 Å². The fourth-order valence-corrected chi connectivity index (χ4v) is 2.41. The van der Waals surface area contributed by atoms with Gasteiger partial charge in [0, 0.05) is 19.3 Å². The lowest BCUT2D eigenvalue weighted by Gasteiger charge is -2.17. The minimum Gasteiger partial charge on any atom is -0.478 e. The summed E-state index contributed by atoms with van der Waals surface area (Å²) in [5, 5.41) is 18.1. The van der Waals surface area contributed by atoms with E-state index in [2.05, 4.69) is 11.1 Å². The first-order valence-electron chi connectivity index (χ1n) is 6.14. The Kier molecular flexibility index (Phi) is 2.84. The Bertz CT molecular complexity index is 734. The van der Waals surface area contributed by atoms with Gasteiger partial charge in [0.25, 0.3) is 0 Å². The second-order valence-corrected chi connectivity index (χ2v) is 4.63. The molecule has 1 N–H and O–H groups in total. The van der Waals surface area contributed by atoms with Gasteiger partial charge in [0.05, 0.1) is 11.1 Å². The summed E-state index contributed by atoms with van der Waals surface area (Å²) in [7, 11) is 0. The third-order valence-electron chi connectivity index (χ3n) is 3.38. The van der Waals surface area contributed by atoms with Crippen LogP contribution in [0, 0.1) is 11.3 Å². The van der Waals surface area contributed by atoms with Gasteiger partial charge >= 0.3 is 5.97 Å². The molecule has 0 fully saturated rings. The number of hydrogen-bond acceptors (Lipinski definition) is 4. The molecule has 1 aromatic carbocycles. The third kappa shape index (κ3) is 1.97. The number of pyridine rings is 1. The van der Waals surface area contributed by atoms with Crippen LogP contribution in [-0.2, 0) is 13.1 Å². The van der Waals surface area contributed by atoms with Crippen molar-refractivity contribution in [2.45, 2.75) is 13.1 Å². The quantitative estimate of drug-likeness (QED) is 0.900. The first-order chi connectivity index (χ1) is 9.69. The molecule has 20 heavy (non-hydrogen) atoms. The molecule has 0 radical (unpaired) electrons. The zero-order valence-electron chi connectivity index (χ0n) is 10.6. The molecule has 98 valence electrons. The molecule has 3 rings (SSSR count). The van der Waals surface area contributed by atoms with Crippen LogP contribution in [0.5, 0.6) is 0 Å². The molecule has 1 aromatic heterocycles. The van der Waals surface area contributed by atoms with Crippen molar-refractivity contribution >= 4 is 11.8 Å². The van der Waals surface area contributed by atoms with Crippen LogP contribution >= 0.6 is 0 Å². The van der Waals surface area contributed by atoms with E-state index >= 15 is 0 Å². The smallest absolute Gasteiger partial charge is 0.335 e. The third-order valence-corrected chi connectivity index (χ3v) is 3.38. The summed E-state index contributed by atoms with van der Waals surface area (Å²) < 4.78 is 0. The number of aromatic nitrogens is 1. The van der Waals surface area contributed by atoms with Crippen LogP contribution in [0.3, 0.4) is 0 Å². The molecule has 5 nitrogen and oxygen atoms in total. The number of hydrogen-bond donors (Lipinski definition) is 1. The summed E-state index contributed by atoms with van der Waals surface area (Å²) in [4.78, 5) is 17.2. The van der Waals surface area contributed by atoms with Gasteiger partial charge in [-0.1, -0.05) is 6.07 Å². The standard InChI is InChI=1S/C15H11N3O2/c16-7-11-2-1-5-17-14(11)18-8-12-4-3-10(15(19)20)6-13(12)9-18/h1-6H,8-9H2,(H,19,20). The highest BCUT2D eigenvalue weighted by atomic mass is 16.4. The van der Waals surface area contributed by atoms with Crippen LogP contribution in [0.15, 0.2) is 36.5 Å². The number of carboxylic acids is 1. The van der Waals surface area contributed by atoms with Crippen molar-refractivity contribution in [3.05, 3.63) is 58.8 Å². The van der Waals surface area contributed by atoms with Gasteiger partial charge in [-0.05, 0) is 35.4 Å². The molecule has 0 aliphatic carbocycles. The first-order valence-corrected chi connectivity index (χ1v) is 6.14. The Balaban J connectivity index is 1.94. The molecule has 0 saturated carbocycles. The van der Waals surface area contributed by atoms with Gasteiger partial charge in [-0.15, -0.1) is 0 Å². The normalized spacial score (nSPS) is 12.8. The van der Waals surface area contributed by atoms with Crippen molar-refractivity contribution in [2.75, 3.05) is 4.90 Å². The lowest BCUT2D eigenvalue weighted by atomic mass is 10.1. The SMILES string of the molecule is N#Cc1cccnc1N1Cc2ccc(C(=O)O)cc2C1. The molecule has 2 aromatic rings. The lowest BCUT2D eigenvalue weighted by molar-refractivity contribution is 0.0697. The number of benzene rings is 1. The second-order valence-electron chi connectivity index (χ2n) is 4.63. The van der Waals surface area contributed by atoms with E-state index in [1.807, 2.05) is 11.0 Å². The first kappa shape index (κ1) is 12.2. The van der Waals surface area contributed by atoms with Gasteiger partial charge in [0.2, 0.25) is 0 Å². The zero-order valence-corrected chi connectivity index (χ0v) is 10.6. The van der Waals surface area contributed by atoms with Crippen molar-refractivity contribution in [1.29, 1.82) is 5.26 Å². The molecule has 0 atom stereocenters. The number of nitriles is 1. The van der Waals surface area contributed by atoms with E-state index in [4.69, 9.17) is 10.4 Å². The number of rotatable bonds is 2. The Morgan fingerprint density at radius 1 is 1.30 bits per heavy atom. The molecule has 0 saturated heterocycles. The maximum atomic E-state index is 11.0. The highest BCUT2D eigenvalue weighted by Gasteiger charge is 2.23. The van der Waals surface area contributed by atoms with E-state index in [0.29, 0.717) is 24.5 Å². The summed E-state index contributed by atoms with van der Waals surface area (Å²) in [5.41, 5.74) is 2.86. The molecule has 1 aliphatic heterocycles. The fraction of sp³-hybridized carbons (Fsp3) is 0.133. The molecule has 0 spiro atoms. The van der Waals surface area contributed by atoms with Gasteiger partial charge in [-0.2, -0.15) is 5.26 Å². The van der Waals surface area contributed by atoms with Gasteiger partial charge in [-0.3, -0.25) is 0 Å². The van der Waals surface area contributed by atoms with Crippen LogP contribution in [0.1, 0.15) is 27.0 Å². The van der Waals surface area contributed by atoms with E-state index in [1.165, 1.54) is 0 Å². The van der Waals surface area contributed by atoms with Crippen molar-refractivity contribution in [3.8, 4) is 6.07 Å². The van der Waals surface area contributed by atoms with Crippen molar-refractivity contribution in [3.63, 3.8) is 0 Å². The van der Waals surface area contributed by atoms with Gasteiger partial charge in [-0.25, -0.2) is 9.78 Å². The summed E-state index contributed by atoms with van der Waals surface area (Å²) in [5.74, 6) is -0.287. The monoisotopic (exact) mass is 265 g/mol. The van der Waals surface area contributed by atoms with Gasteiger partial charge in [0.15, 0.2) is 0 Å². The highest BCUT2D eigenvalue weighted by molar-refractivity contribution is 5.88. The average Bonchev–Trinajstić information content (AvgIpc) is 2.89. The Morgan fingerprint density at radius 2 is 2.10 bits per heavy atom. The predicted molar refractivity (Wildman–Crippen MR) is 72.2 cm³/mol. The van der Waals surface area contributed by atoms with E-state index in [1.54, 1.807) is 30.5 Å². The minimum atomic E-state index is -0.929. The van der Waals surface area contributed by atoms with E-state index < -0.39 is 5.97 Å². The van der Waals surface area contributed by atoms with Crippen LogP contribution < -0.4 is 4.90 Å². The second kappa shape index (κ2) is 4.67. The van der Waals surface area contributed by atoms with Crippen LogP contribution in [0.2, 0.25) is 0 Å². The van der Waals surface area contributed by atoms with E-state index in [0.717, 1.165) is 11.1 Å². The number of aromatic carboxylic acids is 1. The van der Waals surface area contributed by atoms with Crippen LogP contribution in [-0.4, -0.2) is 16.1 Å². The van der Waals surface area contributed by atoms with Crippen molar-refractivity contribution in [1.82, 2.24) is 4.98 Å². The predicted octanol–water partition coefficient (Wildman–Crippen LogP) is 2.17. The lowest BCUT2D eigenvalue weighted by Crippen LogP contribution is -2.17. The minimum absolute atomic E-state index is 0.284. The molecule has 2 heterocycles. The molecular weight excluding hydrogens is 254 g/mol. The molecule has 0 amide bonds. The van der Waals surface area contributed by atoms with Gasteiger partial charge in [0.1, 0.15) is 11.9 Å². The molecule has 0 unspecified atom stereocenters. The van der Waals surface area contributed by atoms with Crippen molar-refractivity contribution in [2.24, 2.45) is 0 Å². The fourth-order valence-electron chi connectivity index (χ4n) is 2.41.